The van der Waals surface area contributed by atoms with Crippen LogP contribution in [0.1, 0.15) is 15.9 Å². The van der Waals surface area contributed by atoms with Crippen molar-refractivity contribution in [1.29, 1.82) is 0 Å². The average Bonchev–Trinajstić information content (AvgIpc) is 2.73. The summed E-state index contributed by atoms with van der Waals surface area (Å²) < 4.78 is 39.5. The molecule has 31 heavy (non-hydrogen) atoms. The lowest BCUT2D eigenvalue weighted by Crippen LogP contribution is -2.50. The molecule has 2 aromatic carbocycles. The number of carbonyl (C=O) groups is 2. The van der Waals surface area contributed by atoms with Gasteiger partial charge in [-0.25, -0.2) is 0 Å². The Balaban J connectivity index is 1.58. The molecule has 0 aromatic heterocycles. The number of nitro groups is 1. The van der Waals surface area contributed by atoms with Crippen LogP contribution < -0.4 is 5.32 Å². The number of nitrogens with one attached hydrogen (secondary N) is 1. The molecule has 1 heterocycles. The standard InChI is InChI=1S/C20H19F3N4O4/c21-20(22,23)15-6-2-1-5-14(15)19(29)26-11-9-25(10-12-26)13-18(28)24-16-7-3-4-8-17(16)27(30)31/h1-8H,9-13H2,(H,24,28). The summed E-state index contributed by atoms with van der Waals surface area (Å²) in [5.41, 5.74) is -1.53. The zero-order chi connectivity index (χ0) is 22.6. The maximum Gasteiger partial charge on any atom is 0.417 e. The van der Waals surface area contributed by atoms with E-state index in [-0.39, 0.29) is 44.1 Å². The van der Waals surface area contributed by atoms with Gasteiger partial charge >= 0.3 is 6.18 Å². The molecule has 0 radical (unpaired) electrons. The molecule has 8 nitrogen and oxygen atoms in total. The van der Waals surface area contributed by atoms with Gasteiger partial charge in [-0.2, -0.15) is 13.2 Å². The fourth-order valence-electron chi connectivity index (χ4n) is 3.33. The highest BCUT2D eigenvalue weighted by atomic mass is 19.4. The van der Waals surface area contributed by atoms with Crippen molar-refractivity contribution in [2.24, 2.45) is 0 Å². The number of halogens is 3. The molecule has 1 saturated heterocycles. The third-order valence-electron chi connectivity index (χ3n) is 4.86. The van der Waals surface area contributed by atoms with E-state index in [0.29, 0.717) is 0 Å². The molecule has 1 fully saturated rings. The second-order valence-electron chi connectivity index (χ2n) is 6.93. The van der Waals surface area contributed by atoms with E-state index in [9.17, 15) is 32.9 Å². The fraction of sp³-hybridized carbons (Fsp3) is 0.300. The molecule has 164 valence electrons. The Hall–Kier alpha value is -3.47. The van der Waals surface area contributed by atoms with Gasteiger partial charge in [0.2, 0.25) is 5.91 Å². The summed E-state index contributed by atoms with van der Waals surface area (Å²) in [5, 5.41) is 13.5. The van der Waals surface area contributed by atoms with Crippen molar-refractivity contribution in [3.63, 3.8) is 0 Å². The number of hydrogen-bond acceptors (Lipinski definition) is 5. The molecular formula is C20H19F3N4O4. The van der Waals surface area contributed by atoms with Crippen LogP contribution >= 0.6 is 0 Å². The van der Waals surface area contributed by atoms with Gasteiger partial charge in [0.1, 0.15) is 5.69 Å². The molecular weight excluding hydrogens is 417 g/mol. The van der Waals surface area contributed by atoms with E-state index >= 15 is 0 Å². The van der Waals surface area contributed by atoms with Crippen LogP contribution in [0, 0.1) is 10.1 Å². The predicted octanol–water partition coefficient (Wildman–Crippen LogP) is 3.01. The number of rotatable bonds is 5. The molecule has 1 aliphatic heterocycles. The van der Waals surface area contributed by atoms with Crippen LogP contribution in [0.2, 0.25) is 0 Å². The van der Waals surface area contributed by atoms with Crippen LogP contribution in [0.5, 0.6) is 0 Å². The smallest absolute Gasteiger partial charge is 0.336 e. The Morgan fingerprint density at radius 2 is 1.61 bits per heavy atom. The zero-order valence-electron chi connectivity index (χ0n) is 16.3. The maximum atomic E-state index is 13.2. The minimum Gasteiger partial charge on any atom is -0.336 e. The first-order chi connectivity index (χ1) is 14.7. The number of para-hydroxylation sites is 2. The molecule has 0 atom stereocenters. The van der Waals surface area contributed by atoms with E-state index in [1.807, 2.05) is 0 Å². The van der Waals surface area contributed by atoms with Gasteiger partial charge in [-0.1, -0.05) is 24.3 Å². The Morgan fingerprint density at radius 1 is 1.00 bits per heavy atom. The van der Waals surface area contributed by atoms with Crippen LogP contribution in [0.15, 0.2) is 48.5 Å². The molecule has 0 spiro atoms. The third kappa shape index (κ3) is 5.37. The number of alkyl halides is 3. The van der Waals surface area contributed by atoms with Crippen molar-refractivity contribution in [3.8, 4) is 0 Å². The van der Waals surface area contributed by atoms with E-state index in [1.165, 1.54) is 35.2 Å². The number of anilines is 1. The molecule has 0 bridgehead atoms. The number of nitrogens with zero attached hydrogens (tertiary/aromatic N) is 3. The van der Waals surface area contributed by atoms with Gasteiger partial charge in [-0.15, -0.1) is 0 Å². The van der Waals surface area contributed by atoms with Gasteiger partial charge in [0.15, 0.2) is 0 Å². The first kappa shape index (κ1) is 22.2. The first-order valence-electron chi connectivity index (χ1n) is 9.38. The van der Waals surface area contributed by atoms with Crippen LogP contribution in [-0.2, 0) is 11.0 Å². The first-order valence-corrected chi connectivity index (χ1v) is 9.38. The van der Waals surface area contributed by atoms with E-state index in [1.54, 1.807) is 11.0 Å². The van der Waals surface area contributed by atoms with E-state index in [2.05, 4.69) is 5.32 Å². The maximum absolute atomic E-state index is 13.2. The van der Waals surface area contributed by atoms with Gasteiger partial charge in [0, 0.05) is 32.2 Å². The van der Waals surface area contributed by atoms with Crippen molar-refractivity contribution in [2.45, 2.75) is 6.18 Å². The number of carbonyl (C=O) groups excluding carboxylic acids is 2. The largest absolute Gasteiger partial charge is 0.417 e. The second kappa shape index (κ2) is 9.13. The van der Waals surface area contributed by atoms with E-state index < -0.39 is 34.0 Å². The Bertz CT molecular complexity index is 988. The Morgan fingerprint density at radius 3 is 2.26 bits per heavy atom. The number of nitro benzene ring substituents is 1. The van der Waals surface area contributed by atoms with Crippen molar-refractivity contribution >= 4 is 23.2 Å². The summed E-state index contributed by atoms with van der Waals surface area (Å²) in [6, 6.07) is 10.4. The van der Waals surface area contributed by atoms with Crippen LogP contribution in [-0.4, -0.2) is 59.3 Å². The average molecular weight is 436 g/mol. The zero-order valence-corrected chi connectivity index (χ0v) is 16.3. The lowest BCUT2D eigenvalue weighted by atomic mass is 10.1. The summed E-state index contributed by atoms with van der Waals surface area (Å²) in [5.74, 6) is -1.17. The molecule has 0 aliphatic carbocycles. The Kier molecular flexibility index (Phi) is 6.54. The number of benzene rings is 2. The van der Waals surface area contributed by atoms with Crippen LogP contribution in [0.3, 0.4) is 0 Å². The summed E-state index contributed by atoms with van der Waals surface area (Å²) in [6.45, 7) is 0.815. The molecule has 0 unspecified atom stereocenters. The lowest BCUT2D eigenvalue weighted by Gasteiger charge is -2.34. The second-order valence-corrected chi connectivity index (χ2v) is 6.93. The van der Waals surface area contributed by atoms with Crippen LogP contribution in [0.4, 0.5) is 24.5 Å². The van der Waals surface area contributed by atoms with Gasteiger partial charge in [-0.3, -0.25) is 24.6 Å². The fourth-order valence-corrected chi connectivity index (χ4v) is 3.33. The number of amides is 2. The Labute approximate surface area is 175 Å². The van der Waals surface area contributed by atoms with Crippen molar-refractivity contribution < 1.29 is 27.7 Å². The summed E-state index contributed by atoms with van der Waals surface area (Å²) in [6.07, 6.45) is -4.63. The lowest BCUT2D eigenvalue weighted by molar-refractivity contribution is -0.383. The normalized spacial score (nSPS) is 14.9. The number of piperazine rings is 1. The predicted molar refractivity (Wildman–Crippen MR) is 106 cm³/mol. The summed E-state index contributed by atoms with van der Waals surface area (Å²) >= 11 is 0. The summed E-state index contributed by atoms with van der Waals surface area (Å²) in [7, 11) is 0. The summed E-state index contributed by atoms with van der Waals surface area (Å²) in [4.78, 5) is 38.3. The molecule has 3 rings (SSSR count). The molecule has 1 N–H and O–H groups in total. The van der Waals surface area contributed by atoms with Gasteiger partial charge in [0.05, 0.1) is 22.6 Å². The topological polar surface area (TPSA) is 95.8 Å². The van der Waals surface area contributed by atoms with Gasteiger partial charge < -0.3 is 10.2 Å². The van der Waals surface area contributed by atoms with Crippen molar-refractivity contribution in [1.82, 2.24) is 9.80 Å². The highest BCUT2D eigenvalue weighted by molar-refractivity contribution is 5.96. The highest BCUT2D eigenvalue weighted by Crippen LogP contribution is 2.32. The molecule has 2 aromatic rings. The van der Waals surface area contributed by atoms with Crippen molar-refractivity contribution in [3.05, 3.63) is 69.8 Å². The molecule has 11 heteroatoms. The SMILES string of the molecule is O=C(CN1CCN(C(=O)c2ccccc2C(F)(F)F)CC1)Nc1ccccc1[N+](=O)[O-]. The monoisotopic (exact) mass is 436 g/mol. The minimum atomic E-state index is -4.63. The molecule has 2 amide bonds. The van der Waals surface area contributed by atoms with Crippen LogP contribution in [0.25, 0.3) is 0 Å². The quantitative estimate of drug-likeness (QED) is 0.574. The minimum absolute atomic E-state index is 0.0623. The van der Waals surface area contributed by atoms with Crippen molar-refractivity contribution in [2.75, 3.05) is 38.0 Å². The number of hydrogen-bond donors (Lipinski definition) is 1. The molecule has 1 aliphatic rings. The van der Waals surface area contributed by atoms with E-state index in [0.717, 1.165) is 12.1 Å². The molecule has 0 saturated carbocycles. The van der Waals surface area contributed by atoms with Gasteiger partial charge in [-0.05, 0) is 18.2 Å². The van der Waals surface area contributed by atoms with E-state index in [4.69, 9.17) is 0 Å². The van der Waals surface area contributed by atoms with Gasteiger partial charge in [0.25, 0.3) is 11.6 Å². The third-order valence-corrected chi connectivity index (χ3v) is 4.86. The highest BCUT2D eigenvalue weighted by Gasteiger charge is 2.36.